The van der Waals surface area contributed by atoms with Gasteiger partial charge in [0.05, 0.1) is 25.4 Å². The van der Waals surface area contributed by atoms with Crippen LogP contribution in [-0.2, 0) is 28.9 Å². The Kier molecular flexibility index (Phi) is 41.3. The maximum atomic E-state index is 13.1. The van der Waals surface area contributed by atoms with E-state index in [-0.39, 0.29) is 18.9 Å². The summed E-state index contributed by atoms with van der Waals surface area (Å²) in [5.74, 6) is -0.235. The van der Waals surface area contributed by atoms with Crippen LogP contribution in [0.1, 0.15) is 251 Å². The number of hydrogen-bond donors (Lipinski definition) is 6. The normalized spacial score (nSPS) is 20.1. The first-order chi connectivity index (χ1) is 32.0. The first-order valence-corrected chi connectivity index (χ1v) is 28.6. The molecule has 0 bridgehead atoms. The van der Waals surface area contributed by atoms with Gasteiger partial charge in [-0.2, -0.15) is 8.42 Å². The van der Waals surface area contributed by atoms with Crippen molar-refractivity contribution in [3.05, 3.63) is 24.3 Å². The average molecular weight is 960 g/mol. The van der Waals surface area contributed by atoms with Crippen LogP contribution in [0.5, 0.6) is 0 Å². The Labute approximate surface area is 403 Å². The van der Waals surface area contributed by atoms with Gasteiger partial charge < -0.3 is 35.2 Å². The van der Waals surface area contributed by atoms with Gasteiger partial charge in [-0.3, -0.25) is 9.35 Å². The van der Waals surface area contributed by atoms with Gasteiger partial charge in [0.15, 0.2) is 6.29 Å². The summed E-state index contributed by atoms with van der Waals surface area (Å²) in [6, 6.07) is -0.861. The molecular weight excluding hydrogens is 859 g/mol. The maximum Gasteiger partial charge on any atom is 0.397 e. The van der Waals surface area contributed by atoms with Gasteiger partial charge in [-0.25, -0.2) is 4.18 Å². The van der Waals surface area contributed by atoms with E-state index in [9.17, 15) is 38.2 Å². The highest BCUT2D eigenvalue weighted by atomic mass is 32.3. The summed E-state index contributed by atoms with van der Waals surface area (Å²) in [5.41, 5.74) is 0. The highest BCUT2D eigenvalue weighted by molar-refractivity contribution is 7.80. The first kappa shape index (κ1) is 62.6. The topological polar surface area (TPSA) is 192 Å². The lowest BCUT2D eigenvalue weighted by molar-refractivity contribution is -0.298. The molecule has 390 valence electrons. The fourth-order valence-corrected chi connectivity index (χ4v) is 9.29. The Hall–Kier alpha value is -1.42. The lowest BCUT2D eigenvalue weighted by Crippen LogP contribution is -2.61. The fraction of sp³-hybridized carbons (Fsp3) is 0.906. The Morgan fingerprint density at radius 3 is 1.44 bits per heavy atom. The molecule has 12 nitrogen and oxygen atoms in total. The number of carbonyl (C=O) groups excluding carboxylic acids is 1. The number of unbranched alkanes of at least 4 members (excludes halogenated alkanes) is 31. The van der Waals surface area contributed by atoms with E-state index >= 15 is 0 Å². The Morgan fingerprint density at radius 1 is 0.606 bits per heavy atom. The summed E-state index contributed by atoms with van der Waals surface area (Å²) >= 11 is 0. The minimum atomic E-state index is -5.08. The molecule has 1 saturated heterocycles. The highest BCUT2D eigenvalue weighted by Crippen LogP contribution is 2.26. The van der Waals surface area contributed by atoms with Crippen molar-refractivity contribution in [1.82, 2.24) is 5.32 Å². The number of ether oxygens (including phenoxy) is 2. The van der Waals surface area contributed by atoms with Gasteiger partial charge in [-0.1, -0.05) is 224 Å². The van der Waals surface area contributed by atoms with E-state index in [2.05, 4.69) is 47.7 Å². The fourth-order valence-electron chi connectivity index (χ4n) is 8.79. The molecule has 0 radical (unpaired) electrons. The average Bonchev–Trinajstić information content (AvgIpc) is 3.29. The summed E-state index contributed by atoms with van der Waals surface area (Å²) < 4.78 is 47.8. The van der Waals surface area contributed by atoms with Crippen molar-refractivity contribution >= 4 is 16.3 Å². The molecule has 0 aromatic heterocycles. The smallest absolute Gasteiger partial charge is 0.394 e. The standard InChI is InChI=1S/C53H101NO11S/c1-3-5-7-9-11-13-15-17-19-21-22-23-24-25-26-27-29-31-33-35-37-39-41-43-49(57)54-46(45-63-53-51(59)52(65-66(60,61)62)50(58)48(44-55)64-53)47(56)42-40-38-36-34-32-30-28-20-18-16-14-12-10-8-6-4-2/h22-23,25-26,46-48,50-53,55-56,58-59H,3-21,24,27-45H2,1-2H3,(H,54,57)(H,60,61,62)/b23-22-,26-25-. The van der Waals surface area contributed by atoms with Crippen molar-refractivity contribution in [1.29, 1.82) is 0 Å². The molecule has 1 heterocycles. The lowest BCUT2D eigenvalue weighted by Gasteiger charge is -2.41. The summed E-state index contributed by atoms with van der Waals surface area (Å²) in [4.78, 5) is 13.1. The van der Waals surface area contributed by atoms with Crippen molar-refractivity contribution in [2.75, 3.05) is 13.2 Å². The van der Waals surface area contributed by atoms with Crippen LogP contribution in [0.2, 0.25) is 0 Å². The minimum Gasteiger partial charge on any atom is -0.394 e. The summed E-state index contributed by atoms with van der Waals surface area (Å²) in [5, 5.41) is 45.0. The molecule has 0 aromatic carbocycles. The van der Waals surface area contributed by atoms with E-state index in [4.69, 9.17) is 9.47 Å². The van der Waals surface area contributed by atoms with E-state index in [1.165, 1.54) is 161 Å². The van der Waals surface area contributed by atoms with Gasteiger partial charge in [-0.15, -0.1) is 0 Å². The SMILES string of the molecule is CCCCCCCCCCC/C=C\C/C=C\CCCCCCCCCC(=O)NC(COC1OC(CO)C(O)C(OS(=O)(=O)O)C1O)C(O)CCCCCCCCCCCCCCCCCC. The molecule has 1 aliphatic rings. The van der Waals surface area contributed by atoms with Gasteiger partial charge in [0, 0.05) is 6.42 Å². The van der Waals surface area contributed by atoms with Crippen LogP contribution in [0.15, 0.2) is 24.3 Å². The molecule has 0 spiro atoms. The van der Waals surface area contributed by atoms with Crippen LogP contribution < -0.4 is 5.32 Å². The van der Waals surface area contributed by atoms with Gasteiger partial charge >= 0.3 is 10.4 Å². The molecular formula is C53H101NO11S. The largest absolute Gasteiger partial charge is 0.397 e. The van der Waals surface area contributed by atoms with E-state index < -0.39 is 59.9 Å². The van der Waals surface area contributed by atoms with Gasteiger partial charge in [-0.05, 0) is 44.9 Å². The van der Waals surface area contributed by atoms with Crippen LogP contribution in [0.3, 0.4) is 0 Å². The van der Waals surface area contributed by atoms with Crippen LogP contribution in [-0.4, -0.2) is 95.4 Å². The van der Waals surface area contributed by atoms with E-state index in [1.807, 2.05) is 0 Å². The van der Waals surface area contributed by atoms with Crippen molar-refractivity contribution in [3.8, 4) is 0 Å². The zero-order chi connectivity index (χ0) is 48.4. The second kappa shape index (κ2) is 43.6. The van der Waals surface area contributed by atoms with Crippen LogP contribution in [0.25, 0.3) is 0 Å². The number of rotatable bonds is 47. The maximum absolute atomic E-state index is 13.1. The molecule has 6 N–H and O–H groups in total. The molecule has 66 heavy (non-hydrogen) atoms. The molecule has 13 heteroatoms. The van der Waals surface area contributed by atoms with Crippen LogP contribution in [0, 0.1) is 0 Å². The zero-order valence-electron chi connectivity index (χ0n) is 42.0. The Bertz CT molecular complexity index is 1270. The number of hydrogen-bond acceptors (Lipinski definition) is 10. The number of aliphatic hydroxyl groups is 4. The van der Waals surface area contributed by atoms with E-state index in [1.54, 1.807) is 0 Å². The predicted molar refractivity (Wildman–Crippen MR) is 269 cm³/mol. The van der Waals surface area contributed by atoms with E-state index in [0.29, 0.717) is 12.8 Å². The monoisotopic (exact) mass is 960 g/mol. The summed E-state index contributed by atoms with van der Waals surface area (Å²) in [6.45, 7) is 3.47. The molecule has 7 atom stereocenters. The van der Waals surface area contributed by atoms with Crippen molar-refractivity contribution in [2.45, 2.75) is 294 Å². The van der Waals surface area contributed by atoms with Crippen LogP contribution in [0.4, 0.5) is 0 Å². The lowest BCUT2D eigenvalue weighted by atomic mass is 9.99. The molecule has 0 aliphatic carbocycles. The summed E-state index contributed by atoms with van der Waals surface area (Å²) in [7, 11) is -5.08. The van der Waals surface area contributed by atoms with Crippen LogP contribution >= 0.6 is 0 Å². The number of amides is 1. The molecule has 1 fully saturated rings. The third kappa shape index (κ3) is 35.7. The molecule has 1 aliphatic heterocycles. The van der Waals surface area contributed by atoms with Crippen molar-refractivity contribution in [3.63, 3.8) is 0 Å². The van der Waals surface area contributed by atoms with Gasteiger partial charge in [0.1, 0.15) is 24.4 Å². The van der Waals surface area contributed by atoms with Gasteiger partial charge in [0.2, 0.25) is 5.91 Å². The third-order valence-electron chi connectivity index (χ3n) is 13.0. The first-order valence-electron chi connectivity index (χ1n) is 27.2. The zero-order valence-corrected chi connectivity index (χ0v) is 42.8. The highest BCUT2D eigenvalue weighted by Gasteiger charge is 2.48. The quantitative estimate of drug-likeness (QED) is 0.0193. The number of carbonyl (C=O) groups is 1. The molecule has 1 rings (SSSR count). The number of allylic oxidation sites excluding steroid dienone is 4. The van der Waals surface area contributed by atoms with E-state index in [0.717, 1.165) is 57.8 Å². The molecule has 0 saturated carbocycles. The summed E-state index contributed by atoms with van der Waals surface area (Å²) in [6.07, 6.45) is 43.2. The second-order valence-electron chi connectivity index (χ2n) is 19.2. The molecule has 7 unspecified atom stereocenters. The molecule has 1 amide bonds. The van der Waals surface area contributed by atoms with Crippen molar-refractivity contribution in [2.24, 2.45) is 0 Å². The molecule has 0 aromatic rings. The van der Waals surface area contributed by atoms with Gasteiger partial charge in [0.25, 0.3) is 0 Å². The van der Waals surface area contributed by atoms with Crippen molar-refractivity contribution < 1.29 is 51.8 Å². The Morgan fingerprint density at radius 2 is 1.02 bits per heavy atom. The Balaban J connectivity index is 2.39. The predicted octanol–water partition coefficient (Wildman–Crippen LogP) is 12.1. The number of nitrogens with one attached hydrogen (secondary N) is 1. The number of aliphatic hydroxyl groups excluding tert-OH is 4. The third-order valence-corrected chi connectivity index (χ3v) is 13.5. The second-order valence-corrected chi connectivity index (χ2v) is 20.2. The minimum absolute atomic E-state index is 0.235.